The Morgan fingerprint density at radius 1 is 1.47 bits per heavy atom. The van der Waals surface area contributed by atoms with Crippen molar-refractivity contribution in [3.05, 3.63) is 48.5 Å². The largest absolute Gasteiger partial charge is 0.492 e. The van der Waals surface area contributed by atoms with Crippen LogP contribution in [-0.2, 0) is 6.42 Å². The van der Waals surface area contributed by atoms with Gasteiger partial charge in [-0.25, -0.2) is 4.79 Å². The number of aromatic nitrogens is 2. The van der Waals surface area contributed by atoms with Crippen LogP contribution in [0, 0.1) is 12.7 Å². The summed E-state index contributed by atoms with van der Waals surface area (Å²) < 4.78 is 14.2. The molecule has 0 spiro atoms. The number of H-pyrrole nitrogens is 1. The zero-order valence-corrected chi connectivity index (χ0v) is 11.3. The van der Waals surface area contributed by atoms with Crippen molar-refractivity contribution in [1.82, 2.24) is 9.55 Å². The van der Waals surface area contributed by atoms with E-state index in [0.717, 1.165) is 14.3 Å². The first-order valence-electron chi connectivity index (χ1n) is 5.68. The fourth-order valence-corrected chi connectivity index (χ4v) is 2.91. The van der Waals surface area contributed by atoms with Gasteiger partial charge < -0.3 is 5.11 Å². The van der Waals surface area contributed by atoms with Gasteiger partial charge in [0.2, 0.25) is 11.7 Å². The minimum absolute atomic E-state index is 0.461. The molecule has 1 unspecified atom stereocenters. The minimum Gasteiger partial charge on any atom is -0.492 e. The fraction of sp³-hybridized carbons (Fsp3) is 0.333. The topological polar surface area (TPSA) is 75.1 Å². The van der Waals surface area contributed by atoms with E-state index in [0.29, 0.717) is 6.42 Å². The summed E-state index contributed by atoms with van der Waals surface area (Å²) in [5.41, 5.74) is -2.03. The third-order valence-electron chi connectivity index (χ3n) is 2.80. The van der Waals surface area contributed by atoms with Crippen LogP contribution < -0.4 is 11.2 Å². The summed E-state index contributed by atoms with van der Waals surface area (Å²) in [4.78, 5) is 26.6. The molecule has 0 radical (unpaired) electrons. The molecule has 2 aromatic rings. The zero-order chi connectivity index (χ0) is 14.2. The molecule has 0 aliphatic rings. The minimum atomic E-state index is -1.34. The molecule has 2 aromatic heterocycles. The average molecular weight is 284 g/mol. The quantitative estimate of drug-likeness (QED) is 0.898. The first-order chi connectivity index (χ1) is 8.90. The molecule has 102 valence electrons. The molecule has 0 saturated heterocycles. The molecule has 0 fully saturated rings. The van der Waals surface area contributed by atoms with Crippen molar-refractivity contribution < 1.29 is 9.50 Å². The highest BCUT2D eigenvalue weighted by Gasteiger charge is 2.18. The zero-order valence-electron chi connectivity index (χ0n) is 10.4. The molecular formula is C12H13FN2O3S. The van der Waals surface area contributed by atoms with Crippen molar-refractivity contribution in [2.45, 2.75) is 26.3 Å². The number of rotatable bonds is 3. The second kappa shape index (κ2) is 5.00. The van der Waals surface area contributed by atoms with Crippen LogP contribution in [0.15, 0.2) is 21.7 Å². The monoisotopic (exact) mass is 284 g/mol. The first-order valence-corrected chi connectivity index (χ1v) is 6.50. The Bertz CT molecular complexity index is 716. The van der Waals surface area contributed by atoms with Crippen LogP contribution in [0.5, 0.6) is 5.88 Å². The summed E-state index contributed by atoms with van der Waals surface area (Å²) in [5, 5.41) is 9.58. The number of hydrogen-bond acceptors (Lipinski definition) is 4. The van der Waals surface area contributed by atoms with Crippen LogP contribution in [0.4, 0.5) is 4.39 Å². The number of hydrogen-bond donors (Lipinski definition) is 2. The Morgan fingerprint density at radius 3 is 2.74 bits per heavy atom. The van der Waals surface area contributed by atoms with Gasteiger partial charge in [0.05, 0.1) is 0 Å². The summed E-state index contributed by atoms with van der Waals surface area (Å²) in [5.74, 6) is -2.26. The Labute approximate surface area is 112 Å². The Balaban J connectivity index is 2.39. The lowest BCUT2D eigenvalue weighted by molar-refractivity contribution is 0.338. The number of thiophene rings is 1. The number of aryl methyl sites for hydroxylation is 1. The van der Waals surface area contributed by atoms with E-state index in [1.54, 1.807) is 18.3 Å². The molecule has 5 nitrogen and oxygen atoms in total. The van der Waals surface area contributed by atoms with Crippen LogP contribution >= 0.6 is 11.3 Å². The van der Waals surface area contributed by atoms with E-state index in [-0.39, 0.29) is 0 Å². The van der Waals surface area contributed by atoms with Gasteiger partial charge in [-0.3, -0.25) is 14.3 Å². The van der Waals surface area contributed by atoms with Crippen LogP contribution in [0.1, 0.15) is 22.7 Å². The van der Waals surface area contributed by atoms with E-state index in [1.807, 2.05) is 24.0 Å². The number of aromatic hydroxyl groups is 1. The normalized spacial score (nSPS) is 12.6. The predicted octanol–water partition coefficient (Wildman–Crippen LogP) is 1.55. The lowest BCUT2D eigenvalue weighted by atomic mass is 10.2. The van der Waals surface area contributed by atoms with E-state index in [4.69, 9.17) is 0 Å². The first kappa shape index (κ1) is 13.5. The molecule has 2 N–H and O–H groups in total. The van der Waals surface area contributed by atoms with E-state index in [2.05, 4.69) is 0 Å². The van der Waals surface area contributed by atoms with Gasteiger partial charge in [-0.15, -0.1) is 11.3 Å². The molecule has 1 atom stereocenters. The molecule has 7 heteroatoms. The van der Waals surface area contributed by atoms with Crippen LogP contribution in [-0.4, -0.2) is 14.7 Å². The summed E-state index contributed by atoms with van der Waals surface area (Å²) in [6.45, 7) is 3.63. The third-order valence-corrected chi connectivity index (χ3v) is 3.82. The maximum atomic E-state index is 13.3. The van der Waals surface area contributed by atoms with Crippen molar-refractivity contribution in [3.8, 4) is 5.88 Å². The number of aromatic amines is 1. The van der Waals surface area contributed by atoms with E-state index < -0.39 is 29.0 Å². The lowest BCUT2D eigenvalue weighted by Crippen LogP contribution is -2.34. The van der Waals surface area contributed by atoms with Crippen molar-refractivity contribution in [2.75, 3.05) is 0 Å². The van der Waals surface area contributed by atoms with Crippen LogP contribution in [0.2, 0.25) is 0 Å². The van der Waals surface area contributed by atoms with Gasteiger partial charge in [0.1, 0.15) is 0 Å². The lowest BCUT2D eigenvalue weighted by Gasteiger charge is -2.15. The molecule has 0 bridgehead atoms. The molecule has 0 saturated carbocycles. The van der Waals surface area contributed by atoms with Gasteiger partial charge in [-0.1, -0.05) is 0 Å². The molecule has 0 aromatic carbocycles. The fourth-order valence-electron chi connectivity index (χ4n) is 1.90. The highest BCUT2D eigenvalue weighted by molar-refractivity contribution is 7.11. The van der Waals surface area contributed by atoms with Crippen molar-refractivity contribution in [2.24, 2.45) is 0 Å². The van der Waals surface area contributed by atoms with Gasteiger partial charge in [0.25, 0.3) is 5.56 Å². The SMILES string of the molecule is Cc1ccc(CC(C)n2c(O)c(F)c(=O)[nH]c2=O)s1. The number of halogens is 1. The Kier molecular flexibility index (Phi) is 3.57. The highest BCUT2D eigenvalue weighted by atomic mass is 32.1. The second-order valence-electron chi connectivity index (χ2n) is 4.33. The van der Waals surface area contributed by atoms with Crippen molar-refractivity contribution >= 4 is 11.3 Å². The van der Waals surface area contributed by atoms with E-state index >= 15 is 0 Å². The third kappa shape index (κ3) is 2.60. The summed E-state index contributed by atoms with van der Waals surface area (Å²) in [6.07, 6.45) is 0.470. The molecule has 19 heavy (non-hydrogen) atoms. The van der Waals surface area contributed by atoms with Crippen LogP contribution in [0.25, 0.3) is 0 Å². The summed E-state index contributed by atoms with van der Waals surface area (Å²) in [7, 11) is 0. The molecule has 0 aliphatic heterocycles. The number of nitrogens with zero attached hydrogens (tertiary/aromatic N) is 1. The van der Waals surface area contributed by atoms with Gasteiger partial charge in [-0.2, -0.15) is 4.39 Å². The van der Waals surface area contributed by atoms with E-state index in [1.165, 1.54) is 0 Å². The molecular weight excluding hydrogens is 271 g/mol. The Hall–Kier alpha value is -1.89. The number of nitrogens with one attached hydrogen (secondary N) is 1. The molecule has 2 rings (SSSR count). The Morgan fingerprint density at radius 2 is 2.16 bits per heavy atom. The second-order valence-corrected chi connectivity index (χ2v) is 5.70. The summed E-state index contributed by atoms with van der Waals surface area (Å²) in [6, 6.07) is 3.40. The summed E-state index contributed by atoms with van der Waals surface area (Å²) >= 11 is 1.57. The van der Waals surface area contributed by atoms with Gasteiger partial charge in [-0.05, 0) is 26.0 Å². The maximum absolute atomic E-state index is 13.3. The van der Waals surface area contributed by atoms with Gasteiger partial charge in [0.15, 0.2) is 0 Å². The molecule has 0 aliphatic carbocycles. The molecule has 2 heterocycles. The smallest absolute Gasteiger partial charge is 0.331 e. The van der Waals surface area contributed by atoms with Gasteiger partial charge in [0, 0.05) is 22.2 Å². The standard InChI is InChI=1S/C12H13FN2O3S/c1-6(5-8-4-3-7(2)19-8)15-11(17)9(13)10(16)14-12(15)18/h3-4,6,17H,5H2,1-2H3,(H,14,16,18). The van der Waals surface area contributed by atoms with Crippen molar-refractivity contribution in [3.63, 3.8) is 0 Å². The van der Waals surface area contributed by atoms with E-state index in [9.17, 15) is 19.1 Å². The van der Waals surface area contributed by atoms with Gasteiger partial charge >= 0.3 is 5.69 Å². The maximum Gasteiger partial charge on any atom is 0.331 e. The van der Waals surface area contributed by atoms with Crippen LogP contribution in [0.3, 0.4) is 0 Å². The highest BCUT2D eigenvalue weighted by Crippen LogP contribution is 2.23. The molecule has 0 amide bonds. The average Bonchev–Trinajstić information content (AvgIpc) is 2.72. The predicted molar refractivity (Wildman–Crippen MR) is 70.4 cm³/mol. The van der Waals surface area contributed by atoms with Crippen molar-refractivity contribution in [1.29, 1.82) is 0 Å².